The monoisotopic (exact) mass is 423 g/mol. The van der Waals surface area contributed by atoms with Gasteiger partial charge in [0.15, 0.2) is 0 Å². The van der Waals surface area contributed by atoms with E-state index >= 15 is 0 Å². The molecule has 5 rings (SSSR count). The minimum Gasteiger partial charge on any atom is -0.461 e. The molecule has 1 aromatic rings. The summed E-state index contributed by atoms with van der Waals surface area (Å²) in [6.45, 7) is 7.18. The number of carbonyl (C=O) groups is 1. The second-order valence-corrected chi connectivity index (χ2v) is 11.0. The second kappa shape index (κ2) is 8.04. The van der Waals surface area contributed by atoms with Crippen molar-refractivity contribution in [3.8, 4) is 0 Å². The number of rotatable bonds is 4. The fourth-order valence-electron chi connectivity index (χ4n) is 6.84. The summed E-state index contributed by atoms with van der Waals surface area (Å²) in [6.07, 6.45) is 9.49. The van der Waals surface area contributed by atoms with Crippen LogP contribution in [0.15, 0.2) is 42.0 Å². The van der Waals surface area contributed by atoms with Crippen LogP contribution in [0.25, 0.3) is 0 Å². The minimum atomic E-state index is -0.636. The third kappa shape index (κ3) is 4.09. The minimum absolute atomic E-state index is 0.00753. The number of esters is 1. The molecular weight excluding hydrogens is 386 g/mol. The van der Waals surface area contributed by atoms with Crippen molar-refractivity contribution in [2.24, 2.45) is 23.2 Å². The lowest BCUT2D eigenvalue weighted by molar-refractivity contribution is -0.145. The molecule has 3 fully saturated rings. The molecule has 0 aromatic heterocycles. The van der Waals surface area contributed by atoms with Crippen molar-refractivity contribution >= 4 is 5.97 Å². The molecule has 4 nitrogen and oxygen atoms in total. The van der Waals surface area contributed by atoms with Crippen LogP contribution in [0.4, 0.5) is 0 Å². The van der Waals surface area contributed by atoms with Crippen molar-refractivity contribution in [1.82, 2.24) is 4.90 Å². The van der Waals surface area contributed by atoms with E-state index in [2.05, 4.69) is 37.0 Å². The SMILES string of the molecule is CC1CCCC2(C)CC3OC(=O)C(CN4CCC(O)(Cc5ccccc5)CC4)C3C=C12. The first-order valence-electron chi connectivity index (χ1n) is 12.3. The number of hydrogen-bond acceptors (Lipinski definition) is 4. The first-order valence-corrected chi connectivity index (χ1v) is 12.3. The summed E-state index contributed by atoms with van der Waals surface area (Å²) < 4.78 is 5.93. The average molecular weight is 424 g/mol. The molecule has 5 unspecified atom stereocenters. The molecule has 0 spiro atoms. The number of nitrogens with zero attached hydrogens (tertiary/aromatic N) is 1. The molecule has 5 atom stereocenters. The van der Waals surface area contributed by atoms with Gasteiger partial charge in [-0.25, -0.2) is 0 Å². The lowest BCUT2D eigenvalue weighted by Gasteiger charge is -2.46. The standard InChI is InChI=1S/C27H37NO3/c1-19-7-6-10-26(2)17-24-21(15-23(19)26)22(25(29)31-24)18-28-13-11-27(30,12-14-28)16-20-8-4-3-5-9-20/h3-5,8-9,15,19,21-22,24,30H,6-7,10-14,16-18H2,1-2H3. The van der Waals surface area contributed by atoms with Crippen LogP contribution < -0.4 is 0 Å². The summed E-state index contributed by atoms with van der Waals surface area (Å²) in [5.74, 6) is 0.781. The molecule has 1 saturated carbocycles. The predicted octanol–water partition coefficient (Wildman–Crippen LogP) is 4.37. The van der Waals surface area contributed by atoms with Crippen molar-refractivity contribution in [3.63, 3.8) is 0 Å². The van der Waals surface area contributed by atoms with Crippen LogP contribution >= 0.6 is 0 Å². The summed E-state index contributed by atoms with van der Waals surface area (Å²) in [5.41, 5.74) is 2.36. The van der Waals surface area contributed by atoms with Crippen LogP contribution in [0.2, 0.25) is 0 Å². The Bertz CT molecular complexity index is 841. The third-order valence-corrected chi connectivity index (χ3v) is 8.70. The van der Waals surface area contributed by atoms with Gasteiger partial charge in [-0.2, -0.15) is 0 Å². The van der Waals surface area contributed by atoms with Crippen molar-refractivity contribution in [1.29, 1.82) is 0 Å². The highest BCUT2D eigenvalue weighted by molar-refractivity contribution is 5.76. The molecule has 0 amide bonds. The quantitative estimate of drug-likeness (QED) is 0.577. The zero-order chi connectivity index (χ0) is 21.6. The highest BCUT2D eigenvalue weighted by atomic mass is 16.6. The summed E-state index contributed by atoms with van der Waals surface area (Å²) in [4.78, 5) is 15.2. The van der Waals surface area contributed by atoms with Gasteiger partial charge in [0.2, 0.25) is 0 Å². The molecule has 4 heteroatoms. The van der Waals surface area contributed by atoms with Gasteiger partial charge in [-0.15, -0.1) is 0 Å². The number of benzene rings is 1. The molecule has 4 aliphatic rings. The molecule has 2 saturated heterocycles. The molecule has 0 radical (unpaired) electrons. The molecule has 0 bridgehead atoms. The van der Waals surface area contributed by atoms with E-state index in [4.69, 9.17) is 4.74 Å². The fourth-order valence-corrected chi connectivity index (χ4v) is 6.84. The Morgan fingerprint density at radius 2 is 1.90 bits per heavy atom. The summed E-state index contributed by atoms with van der Waals surface area (Å²) in [6, 6.07) is 10.3. The van der Waals surface area contributed by atoms with Gasteiger partial charge in [-0.05, 0) is 49.0 Å². The van der Waals surface area contributed by atoms with Crippen LogP contribution in [0.3, 0.4) is 0 Å². The fraction of sp³-hybridized carbons (Fsp3) is 0.667. The van der Waals surface area contributed by atoms with E-state index in [-0.39, 0.29) is 29.3 Å². The maximum Gasteiger partial charge on any atom is 0.311 e. The zero-order valence-electron chi connectivity index (χ0n) is 19.1. The molecule has 1 aromatic carbocycles. The van der Waals surface area contributed by atoms with Gasteiger partial charge >= 0.3 is 5.97 Å². The van der Waals surface area contributed by atoms with Crippen LogP contribution in [0, 0.1) is 23.2 Å². The van der Waals surface area contributed by atoms with Crippen LogP contribution in [-0.2, 0) is 16.0 Å². The Morgan fingerprint density at radius 3 is 2.65 bits per heavy atom. The molecule has 1 N–H and O–H groups in total. The number of fused-ring (bicyclic) bond motifs is 2. The molecule has 2 aliphatic carbocycles. The Labute approximate surface area is 186 Å². The second-order valence-electron chi connectivity index (χ2n) is 11.0. The summed E-state index contributed by atoms with van der Waals surface area (Å²) in [7, 11) is 0. The maximum atomic E-state index is 12.8. The van der Waals surface area contributed by atoms with Gasteiger partial charge in [-0.1, -0.05) is 62.2 Å². The summed E-state index contributed by atoms with van der Waals surface area (Å²) >= 11 is 0. The van der Waals surface area contributed by atoms with E-state index in [1.807, 2.05) is 18.2 Å². The average Bonchev–Trinajstić information content (AvgIpc) is 3.02. The van der Waals surface area contributed by atoms with E-state index in [0.717, 1.165) is 38.9 Å². The molecule has 168 valence electrons. The highest BCUT2D eigenvalue weighted by Gasteiger charge is 2.52. The van der Waals surface area contributed by atoms with Gasteiger partial charge in [0.25, 0.3) is 0 Å². The summed E-state index contributed by atoms with van der Waals surface area (Å²) in [5, 5.41) is 11.1. The number of aliphatic hydroxyl groups is 1. The number of piperidine rings is 1. The van der Waals surface area contributed by atoms with Crippen LogP contribution in [0.1, 0.15) is 57.9 Å². The van der Waals surface area contributed by atoms with E-state index in [1.54, 1.807) is 5.57 Å². The van der Waals surface area contributed by atoms with Crippen molar-refractivity contribution < 1.29 is 14.6 Å². The Kier molecular flexibility index (Phi) is 5.50. The Balaban J connectivity index is 1.24. The van der Waals surface area contributed by atoms with Gasteiger partial charge in [0.1, 0.15) is 6.10 Å². The Hall–Kier alpha value is -1.65. The van der Waals surface area contributed by atoms with Crippen molar-refractivity contribution in [2.45, 2.75) is 70.5 Å². The lowest BCUT2D eigenvalue weighted by atomic mass is 9.59. The highest BCUT2D eigenvalue weighted by Crippen LogP contribution is 2.54. The van der Waals surface area contributed by atoms with E-state index in [0.29, 0.717) is 12.3 Å². The number of allylic oxidation sites excluding steroid dienone is 1. The van der Waals surface area contributed by atoms with E-state index in [9.17, 15) is 9.90 Å². The Morgan fingerprint density at radius 1 is 1.16 bits per heavy atom. The molecule has 2 heterocycles. The first kappa shape index (κ1) is 21.2. The topological polar surface area (TPSA) is 49.8 Å². The van der Waals surface area contributed by atoms with Crippen molar-refractivity contribution in [2.75, 3.05) is 19.6 Å². The van der Waals surface area contributed by atoms with Gasteiger partial charge in [0, 0.05) is 32.0 Å². The van der Waals surface area contributed by atoms with Crippen molar-refractivity contribution in [3.05, 3.63) is 47.5 Å². The van der Waals surface area contributed by atoms with Crippen LogP contribution in [-0.4, -0.2) is 47.3 Å². The lowest BCUT2D eigenvalue weighted by Crippen LogP contribution is -2.48. The van der Waals surface area contributed by atoms with Gasteiger partial charge < -0.3 is 14.7 Å². The predicted molar refractivity (Wildman–Crippen MR) is 121 cm³/mol. The molecular formula is C27H37NO3. The van der Waals surface area contributed by atoms with Gasteiger partial charge in [0.05, 0.1) is 11.5 Å². The van der Waals surface area contributed by atoms with E-state index < -0.39 is 5.60 Å². The number of likely N-dealkylation sites (tertiary alicyclic amines) is 1. The largest absolute Gasteiger partial charge is 0.461 e. The smallest absolute Gasteiger partial charge is 0.311 e. The normalized spacial score (nSPS) is 37.5. The number of hydrogen-bond donors (Lipinski definition) is 1. The zero-order valence-corrected chi connectivity index (χ0v) is 19.1. The van der Waals surface area contributed by atoms with Crippen LogP contribution in [0.5, 0.6) is 0 Å². The first-order chi connectivity index (χ1) is 14.9. The third-order valence-electron chi connectivity index (χ3n) is 8.70. The number of ether oxygens (including phenoxy) is 1. The number of carbonyl (C=O) groups excluding carboxylic acids is 1. The molecule has 2 aliphatic heterocycles. The molecule has 31 heavy (non-hydrogen) atoms. The van der Waals surface area contributed by atoms with E-state index in [1.165, 1.54) is 24.8 Å². The maximum absolute atomic E-state index is 12.8. The van der Waals surface area contributed by atoms with Gasteiger partial charge in [-0.3, -0.25) is 4.79 Å².